The van der Waals surface area contributed by atoms with E-state index in [1.807, 2.05) is 36.4 Å². The maximum atomic E-state index is 12.6. The summed E-state index contributed by atoms with van der Waals surface area (Å²) in [5.41, 5.74) is 9.45. The molecule has 2 fully saturated rings. The van der Waals surface area contributed by atoms with Gasteiger partial charge < -0.3 is 25.2 Å². The van der Waals surface area contributed by atoms with Crippen LogP contribution in [0, 0.1) is 10.1 Å². The summed E-state index contributed by atoms with van der Waals surface area (Å²) < 4.78 is 5.07. The molecule has 9 heteroatoms. The van der Waals surface area contributed by atoms with Crippen LogP contribution in [0.1, 0.15) is 31.2 Å². The summed E-state index contributed by atoms with van der Waals surface area (Å²) >= 11 is 0. The summed E-state index contributed by atoms with van der Waals surface area (Å²) in [7, 11) is 3.47. The molecule has 1 saturated carbocycles. The minimum Gasteiger partial charge on any atom is -0.453 e. The number of amides is 1. The fourth-order valence-electron chi connectivity index (χ4n) is 5.08. The fraction of sp³-hybridized carbons (Fsp3) is 0.500. The lowest BCUT2D eigenvalue weighted by Gasteiger charge is -2.35. The van der Waals surface area contributed by atoms with Crippen LogP contribution >= 0.6 is 0 Å². The van der Waals surface area contributed by atoms with Gasteiger partial charge >= 0.3 is 6.09 Å². The average molecular weight is 482 g/mol. The highest BCUT2D eigenvalue weighted by atomic mass is 16.6. The van der Waals surface area contributed by atoms with Crippen LogP contribution in [0.4, 0.5) is 16.2 Å². The van der Waals surface area contributed by atoms with Gasteiger partial charge in [0.25, 0.3) is 5.69 Å². The van der Waals surface area contributed by atoms with Crippen molar-refractivity contribution >= 4 is 17.5 Å². The van der Waals surface area contributed by atoms with E-state index in [-0.39, 0.29) is 28.8 Å². The maximum absolute atomic E-state index is 12.6. The van der Waals surface area contributed by atoms with Crippen molar-refractivity contribution in [2.45, 2.75) is 44.3 Å². The third-order valence-corrected chi connectivity index (χ3v) is 7.22. The molecular formula is C26H35N5O4. The van der Waals surface area contributed by atoms with Crippen LogP contribution in [0.25, 0.3) is 11.1 Å². The number of carbonyl (C=O) groups excluding carboxylic acids is 1. The van der Waals surface area contributed by atoms with Crippen molar-refractivity contribution in [3.63, 3.8) is 0 Å². The number of anilines is 1. The predicted octanol–water partition coefficient (Wildman–Crippen LogP) is 3.85. The molecule has 35 heavy (non-hydrogen) atoms. The maximum Gasteiger partial charge on any atom is 0.410 e. The van der Waals surface area contributed by atoms with Gasteiger partial charge in [-0.05, 0) is 61.6 Å². The van der Waals surface area contributed by atoms with Crippen LogP contribution in [0.5, 0.6) is 0 Å². The third kappa shape index (κ3) is 5.91. The monoisotopic (exact) mass is 481 g/mol. The highest BCUT2D eigenvalue weighted by molar-refractivity contribution is 5.75. The third-order valence-electron chi connectivity index (χ3n) is 7.22. The number of nitrogens with zero attached hydrogens (tertiary/aromatic N) is 4. The molecule has 0 aromatic heterocycles. The molecule has 0 radical (unpaired) electrons. The second kappa shape index (κ2) is 11.0. The van der Waals surface area contributed by atoms with Crippen LogP contribution in [0.15, 0.2) is 42.5 Å². The van der Waals surface area contributed by atoms with E-state index >= 15 is 0 Å². The van der Waals surface area contributed by atoms with Gasteiger partial charge in [0, 0.05) is 50.9 Å². The number of nitrogens with two attached hydrogens (primary N) is 1. The zero-order valence-electron chi connectivity index (χ0n) is 20.6. The number of hydrogen-bond acceptors (Lipinski definition) is 7. The molecule has 1 aliphatic carbocycles. The van der Waals surface area contributed by atoms with Gasteiger partial charge in [-0.25, -0.2) is 4.79 Å². The summed E-state index contributed by atoms with van der Waals surface area (Å²) in [5, 5.41) is 11.9. The lowest BCUT2D eigenvalue weighted by atomic mass is 9.90. The van der Waals surface area contributed by atoms with E-state index in [0.717, 1.165) is 68.6 Å². The molecule has 1 heterocycles. The molecule has 2 aromatic carbocycles. The number of methoxy groups -OCH3 is 1. The Kier molecular flexibility index (Phi) is 7.87. The molecule has 1 amide bonds. The molecule has 1 aliphatic heterocycles. The Morgan fingerprint density at radius 3 is 2.43 bits per heavy atom. The van der Waals surface area contributed by atoms with Gasteiger partial charge in [0.15, 0.2) is 0 Å². The highest BCUT2D eigenvalue weighted by Crippen LogP contribution is 2.34. The number of hydrogen-bond donors (Lipinski definition) is 1. The van der Waals surface area contributed by atoms with E-state index in [1.165, 1.54) is 7.11 Å². The van der Waals surface area contributed by atoms with Crippen molar-refractivity contribution < 1.29 is 14.5 Å². The molecule has 9 nitrogen and oxygen atoms in total. The quantitative estimate of drug-likeness (QED) is 0.493. The van der Waals surface area contributed by atoms with Gasteiger partial charge in [-0.15, -0.1) is 0 Å². The van der Waals surface area contributed by atoms with Gasteiger partial charge in [0.05, 0.1) is 12.0 Å². The SMILES string of the molecule is COC(=O)N(Cc1cccc(-c2ccc(N3CCN(C)CC3)c([N+](=O)[O-])c2)c1)C1CCC(N)CC1. The van der Waals surface area contributed by atoms with Gasteiger partial charge in [-0.1, -0.05) is 24.3 Å². The van der Waals surface area contributed by atoms with Crippen molar-refractivity contribution in [2.75, 3.05) is 45.2 Å². The van der Waals surface area contributed by atoms with Crippen molar-refractivity contribution in [1.29, 1.82) is 0 Å². The zero-order valence-corrected chi connectivity index (χ0v) is 20.6. The number of nitro groups is 1. The Hall–Kier alpha value is -3.17. The Morgan fingerprint density at radius 2 is 1.77 bits per heavy atom. The molecule has 188 valence electrons. The molecule has 0 unspecified atom stereocenters. The lowest BCUT2D eigenvalue weighted by molar-refractivity contribution is -0.384. The molecule has 1 saturated heterocycles. The molecule has 2 aliphatic rings. The molecule has 0 atom stereocenters. The molecule has 0 spiro atoms. The first-order valence-corrected chi connectivity index (χ1v) is 12.3. The minimum atomic E-state index is -0.344. The van der Waals surface area contributed by atoms with Crippen molar-refractivity contribution in [3.05, 3.63) is 58.1 Å². The molecule has 4 rings (SSSR count). The topological polar surface area (TPSA) is 105 Å². The fourth-order valence-corrected chi connectivity index (χ4v) is 5.08. The van der Waals surface area contributed by atoms with Crippen LogP contribution < -0.4 is 10.6 Å². The zero-order chi connectivity index (χ0) is 24.9. The summed E-state index contributed by atoms with van der Waals surface area (Å²) in [6, 6.07) is 13.6. The molecule has 0 bridgehead atoms. The summed E-state index contributed by atoms with van der Waals surface area (Å²) in [6.07, 6.45) is 3.15. The number of carbonyl (C=O) groups is 1. The standard InChI is InChI=1S/C26H35N5O4/c1-28-12-14-29(15-13-28)24-11-6-21(17-25(24)31(33)34)20-5-3-4-19(16-20)18-30(26(32)35-2)23-9-7-22(27)8-10-23/h3-6,11,16-17,22-23H,7-10,12-15,18,27H2,1-2H3. The van der Waals surface area contributed by atoms with Crippen molar-refractivity contribution in [3.8, 4) is 11.1 Å². The number of piperazine rings is 1. The summed E-state index contributed by atoms with van der Waals surface area (Å²) in [4.78, 5) is 30.3. The van der Waals surface area contributed by atoms with Gasteiger partial charge in [0.1, 0.15) is 5.69 Å². The van der Waals surface area contributed by atoms with Crippen molar-refractivity contribution in [1.82, 2.24) is 9.80 Å². The second-order valence-corrected chi connectivity index (χ2v) is 9.62. The molecular weight excluding hydrogens is 446 g/mol. The van der Waals surface area contributed by atoms with E-state index in [9.17, 15) is 14.9 Å². The van der Waals surface area contributed by atoms with Crippen molar-refractivity contribution in [2.24, 2.45) is 5.73 Å². The minimum absolute atomic E-state index is 0.0925. The Balaban J connectivity index is 1.57. The normalized spacial score (nSPS) is 20.9. The smallest absolute Gasteiger partial charge is 0.410 e. The van der Waals surface area contributed by atoms with E-state index in [4.69, 9.17) is 10.5 Å². The largest absolute Gasteiger partial charge is 0.453 e. The Bertz CT molecular complexity index is 1050. The van der Waals surface area contributed by atoms with Crippen LogP contribution in [-0.2, 0) is 11.3 Å². The Morgan fingerprint density at radius 1 is 1.09 bits per heavy atom. The average Bonchev–Trinajstić information content (AvgIpc) is 2.88. The molecule has 2 aromatic rings. The van der Waals surface area contributed by atoms with Gasteiger partial charge in [-0.2, -0.15) is 0 Å². The number of ether oxygens (including phenoxy) is 1. The lowest BCUT2D eigenvalue weighted by Crippen LogP contribution is -2.44. The number of benzene rings is 2. The first-order valence-electron chi connectivity index (χ1n) is 12.3. The van der Waals surface area contributed by atoms with Gasteiger partial charge in [-0.3, -0.25) is 10.1 Å². The first-order chi connectivity index (χ1) is 16.9. The predicted molar refractivity (Wildman–Crippen MR) is 136 cm³/mol. The van der Waals surface area contributed by atoms with E-state index in [2.05, 4.69) is 16.8 Å². The first kappa shape index (κ1) is 24.9. The second-order valence-electron chi connectivity index (χ2n) is 9.62. The Labute approximate surface area is 206 Å². The van der Waals surface area contributed by atoms with E-state index < -0.39 is 0 Å². The summed E-state index contributed by atoms with van der Waals surface area (Å²) in [6.45, 7) is 3.71. The van der Waals surface area contributed by atoms with Crippen LogP contribution in [-0.4, -0.2) is 73.2 Å². The number of rotatable bonds is 6. The molecule has 2 N–H and O–H groups in total. The number of likely N-dealkylation sites (N-methyl/N-ethyl adjacent to an activating group) is 1. The van der Waals surface area contributed by atoms with E-state index in [0.29, 0.717) is 12.2 Å². The summed E-state index contributed by atoms with van der Waals surface area (Å²) in [5.74, 6) is 0. The van der Waals surface area contributed by atoms with E-state index in [1.54, 1.807) is 11.0 Å². The van der Waals surface area contributed by atoms with Crippen LogP contribution in [0.3, 0.4) is 0 Å². The highest BCUT2D eigenvalue weighted by Gasteiger charge is 2.29. The van der Waals surface area contributed by atoms with Crippen LogP contribution in [0.2, 0.25) is 0 Å². The van der Waals surface area contributed by atoms with Gasteiger partial charge in [0.2, 0.25) is 0 Å². The number of nitro benzene ring substituents is 1.